The Labute approximate surface area is 53.0 Å². The van der Waals surface area contributed by atoms with Crippen LogP contribution < -0.4 is 0 Å². The van der Waals surface area contributed by atoms with Gasteiger partial charge in [-0.15, -0.1) is 0 Å². The van der Waals surface area contributed by atoms with Crippen LogP contribution in [0.1, 0.15) is 6.42 Å². The zero-order chi connectivity index (χ0) is 6.85. The number of rotatable bonds is 1. The van der Waals surface area contributed by atoms with E-state index in [0.717, 1.165) is 0 Å². The molecular weight excluding hydrogens is 124 g/mol. The molecule has 4 heteroatoms. The highest BCUT2D eigenvalue weighted by Gasteiger charge is 2.32. The first-order valence-electron chi connectivity index (χ1n) is 2.78. The lowest BCUT2D eigenvalue weighted by Crippen LogP contribution is -2.21. The quantitative estimate of drug-likeness (QED) is 0.486. The van der Waals surface area contributed by atoms with Crippen molar-refractivity contribution in [3.8, 4) is 0 Å². The van der Waals surface area contributed by atoms with Crippen LogP contribution in [-0.4, -0.2) is 36.0 Å². The Hall–Kier alpha value is -0.160. The molecule has 54 valence electrons. The molecule has 0 aromatic carbocycles. The first-order chi connectivity index (χ1) is 4.24. The summed E-state index contributed by atoms with van der Waals surface area (Å²) in [4.78, 5) is 0. The number of hydrogen-bond acceptors (Lipinski definition) is 4. The number of aliphatic hydroxyl groups excluding tert-OH is 2. The average molecular weight is 134 g/mol. The minimum absolute atomic E-state index is 0.345. The molecule has 4 nitrogen and oxygen atoms in total. The van der Waals surface area contributed by atoms with E-state index >= 15 is 0 Å². The van der Waals surface area contributed by atoms with Crippen molar-refractivity contribution < 1.29 is 19.7 Å². The van der Waals surface area contributed by atoms with Crippen molar-refractivity contribution in [3.05, 3.63) is 0 Å². The topological polar surface area (TPSA) is 58.9 Å². The normalized spacial score (nSPS) is 43.7. The van der Waals surface area contributed by atoms with Crippen molar-refractivity contribution in [1.82, 2.24) is 0 Å². The summed E-state index contributed by atoms with van der Waals surface area (Å²) in [5.74, 6) is 0. The summed E-state index contributed by atoms with van der Waals surface area (Å²) < 4.78 is 9.31. The zero-order valence-electron chi connectivity index (χ0n) is 5.15. The molecule has 0 amide bonds. The van der Waals surface area contributed by atoms with Crippen molar-refractivity contribution >= 4 is 0 Å². The van der Waals surface area contributed by atoms with Crippen LogP contribution in [0.25, 0.3) is 0 Å². The monoisotopic (exact) mass is 134 g/mol. The average Bonchev–Trinajstić information content (AvgIpc) is 2.10. The maximum absolute atomic E-state index is 8.85. The Morgan fingerprint density at radius 3 is 2.44 bits per heavy atom. The number of aliphatic hydroxyl groups is 2. The van der Waals surface area contributed by atoms with Gasteiger partial charge in [0.05, 0.1) is 0 Å². The van der Waals surface area contributed by atoms with E-state index in [0.29, 0.717) is 6.42 Å². The zero-order valence-corrected chi connectivity index (χ0v) is 5.15. The van der Waals surface area contributed by atoms with Crippen LogP contribution in [0.15, 0.2) is 0 Å². The molecule has 0 aliphatic carbocycles. The van der Waals surface area contributed by atoms with E-state index in [1.807, 2.05) is 0 Å². The van der Waals surface area contributed by atoms with Crippen LogP contribution in [-0.2, 0) is 9.47 Å². The Bertz CT molecular complexity index is 95.0. The lowest BCUT2D eigenvalue weighted by molar-refractivity contribution is -0.178. The minimum atomic E-state index is -0.968. The van der Waals surface area contributed by atoms with Crippen LogP contribution in [0.4, 0.5) is 0 Å². The molecule has 0 bridgehead atoms. The molecule has 0 spiro atoms. The molecule has 0 saturated carbocycles. The van der Waals surface area contributed by atoms with Crippen molar-refractivity contribution in [2.24, 2.45) is 0 Å². The summed E-state index contributed by atoms with van der Waals surface area (Å²) in [6, 6.07) is 0. The molecule has 9 heavy (non-hydrogen) atoms. The maximum Gasteiger partial charge on any atom is 0.184 e. The third kappa shape index (κ3) is 1.40. The third-order valence-corrected chi connectivity index (χ3v) is 1.35. The van der Waals surface area contributed by atoms with Crippen molar-refractivity contribution in [1.29, 1.82) is 0 Å². The van der Waals surface area contributed by atoms with Gasteiger partial charge in [-0.25, -0.2) is 0 Å². The van der Waals surface area contributed by atoms with Crippen molar-refractivity contribution in [3.63, 3.8) is 0 Å². The predicted octanol–water partition coefficient (Wildman–Crippen LogP) is -0.942. The summed E-state index contributed by atoms with van der Waals surface area (Å²) in [5.41, 5.74) is 0. The summed E-state index contributed by atoms with van der Waals surface area (Å²) in [6.07, 6.45) is -1.87. The second-order valence-corrected chi connectivity index (χ2v) is 1.99. The summed E-state index contributed by atoms with van der Waals surface area (Å²) in [5, 5.41) is 17.6. The van der Waals surface area contributed by atoms with E-state index in [2.05, 4.69) is 4.74 Å². The van der Waals surface area contributed by atoms with E-state index < -0.39 is 12.6 Å². The van der Waals surface area contributed by atoms with E-state index in [4.69, 9.17) is 14.9 Å². The highest BCUT2D eigenvalue weighted by atomic mass is 16.7. The second-order valence-electron chi connectivity index (χ2n) is 1.99. The van der Waals surface area contributed by atoms with Gasteiger partial charge in [-0.1, -0.05) is 0 Å². The molecule has 2 N–H and O–H groups in total. The molecule has 0 aromatic heterocycles. The summed E-state index contributed by atoms with van der Waals surface area (Å²) in [6.45, 7) is 0. The standard InChI is InChI=1S/C5H10O4/c1-8-3-2-4(6)9-5(3)7/h3-7H,2H2,1H3/t3-,4?,5?/m1/s1. The largest absolute Gasteiger partial charge is 0.376 e. The van der Waals surface area contributed by atoms with Crippen LogP contribution in [0.2, 0.25) is 0 Å². The van der Waals surface area contributed by atoms with Gasteiger partial charge < -0.3 is 19.7 Å². The summed E-state index contributed by atoms with van der Waals surface area (Å²) >= 11 is 0. The lowest BCUT2D eigenvalue weighted by Gasteiger charge is -2.08. The van der Waals surface area contributed by atoms with Crippen LogP contribution in [0.3, 0.4) is 0 Å². The third-order valence-electron chi connectivity index (χ3n) is 1.35. The van der Waals surface area contributed by atoms with Crippen molar-refractivity contribution in [2.45, 2.75) is 25.1 Å². The summed E-state index contributed by atoms with van der Waals surface area (Å²) in [7, 11) is 1.47. The molecule has 1 heterocycles. The molecule has 0 radical (unpaired) electrons. The van der Waals surface area contributed by atoms with Gasteiger partial charge in [0.15, 0.2) is 12.6 Å². The number of methoxy groups -OCH3 is 1. The highest BCUT2D eigenvalue weighted by molar-refractivity contribution is 4.69. The maximum atomic E-state index is 8.85. The molecule has 1 saturated heterocycles. The van der Waals surface area contributed by atoms with E-state index in [1.54, 1.807) is 0 Å². The first kappa shape index (κ1) is 6.95. The number of hydrogen-bond donors (Lipinski definition) is 2. The molecule has 3 atom stereocenters. The number of ether oxygens (including phenoxy) is 2. The Morgan fingerprint density at radius 1 is 1.56 bits per heavy atom. The van der Waals surface area contributed by atoms with Crippen LogP contribution in [0.5, 0.6) is 0 Å². The molecule has 1 aliphatic heterocycles. The Kier molecular flexibility index (Phi) is 2.02. The minimum Gasteiger partial charge on any atom is -0.376 e. The molecule has 1 fully saturated rings. The van der Waals surface area contributed by atoms with Gasteiger partial charge in [0.1, 0.15) is 6.10 Å². The van der Waals surface area contributed by atoms with E-state index in [9.17, 15) is 0 Å². The molecule has 1 aliphatic rings. The fraction of sp³-hybridized carbons (Fsp3) is 1.00. The fourth-order valence-electron chi connectivity index (χ4n) is 0.832. The lowest BCUT2D eigenvalue weighted by atomic mass is 10.3. The van der Waals surface area contributed by atoms with Gasteiger partial charge in [0.2, 0.25) is 0 Å². The van der Waals surface area contributed by atoms with Gasteiger partial charge in [-0.2, -0.15) is 0 Å². The van der Waals surface area contributed by atoms with Gasteiger partial charge in [0, 0.05) is 13.5 Å². The van der Waals surface area contributed by atoms with E-state index in [-0.39, 0.29) is 6.10 Å². The smallest absolute Gasteiger partial charge is 0.184 e. The Morgan fingerprint density at radius 2 is 2.22 bits per heavy atom. The first-order valence-corrected chi connectivity index (χ1v) is 2.78. The van der Waals surface area contributed by atoms with Crippen LogP contribution >= 0.6 is 0 Å². The molecule has 2 unspecified atom stereocenters. The van der Waals surface area contributed by atoms with Crippen molar-refractivity contribution in [2.75, 3.05) is 7.11 Å². The second kappa shape index (κ2) is 2.62. The highest BCUT2D eigenvalue weighted by Crippen LogP contribution is 2.18. The van der Waals surface area contributed by atoms with Gasteiger partial charge >= 0.3 is 0 Å². The SMILES string of the molecule is CO[C@@H]1CC(O)OC1O. The Balaban J connectivity index is 2.38. The molecule has 1 rings (SSSR count). The van der Waals surface area contributed by atoms with Gasteiger partial charge in [-0.05, 0) is 0 Å². The van der Waals surface area contributed by atoms with E-state index in [1.165, 1.54) is 7.11 Å². The molecular formula is C5H10O4. The van der Waals surface area contributed by atoms with Crippen LogP contribution in [0, 0.1) is 0 Å². The van der Waals surface area contributed by atoms with Gasteiger partial charge in [-0.3, -0.25) is 0 Å². The predicted molar refractivity (Wildman–Crippen MR) is 28.5 cm³/mol. The molecule has 0 aromatic rings. The fourth-order valence-corrected chi connectivity index (χ4v) is 0.832. The van der Waals surface area contributed by atoms with Gasteiger partial charge in [0.25, 0.3) is 0 Å².